The summed E-state index contributed by atoms with van der Waals surface area (Å²) in [6, 6.07) is 2.91. The van der Waals surface area contributed by atoms with Crippen LogP contribution in [-0.4, -0.2) is 22.4 Å². The quantitative estimate of drug-likeness (QED) is 0.828. The van der Waals surface area contributed by atoms with E-state index in [4.69, 9.17) is 0 Å². The number of aryl methyl sites for hydroxylation is 2. The Kier molecular flexibility index (Phi) is 5.64. The van der Waals surface area contributed by atoms with Crippen molar-refractivity contribution in [2.45, 2.75) is 65.3 Å². The Hall–Kier alpha value is -0.830. The molecule has 0 radical (unpaired) electrons. The number of hydrogen-bond donors (Lipinski definition) is 1. The van der Waals surface area contributed by atoms with Gasteiger partial charge in [-0.2, -0.15) is 5.10 Å². The van der Waals surface area contributed by atoms with Crippen molar-refractivity contribution < 1.29 is 0 Å². The Bertz CT molecular complexity index is 410. The normalized spacial score (nSPS) is 24.2. The van der Waals surface area contributed by atoms with Crippen LogP contribution in [0.3, 0.4) is 0 Å². The molecule has 1 N–H and O–H groups in total. The van der Waals surface area contributed by atoms with Crippen molar-refractivity contribution in [3.05, 3.63) is 17.5 Å². The van der Waals surface area contributed by atoms with Gasteiger partial charge in [-0.05, 0) is 43.7 Å². The van der Waals surface area contributed by atoms with Crippen LogP contribution in [0, 0.1) is 11.8 Å². The molecule has 0 saturated heterocycles. The Labute approximate surface area is 124 Å². The summed E-state index contributed by atoms with van der Waals surface area (Å²) < 4.78 is 2.08. The van der Waals surface area contributed by atoms with Gasteiger partial charge < -0.3 is 5.32 Å². The van der Waals surface area contributed by atoms with Crippen LogP contribution >= 0.6 is 0 Å². The van der Waals surface area contributed by atoms with E-state index in [1.807, 2.05) is 0 Å². The van der Waals surface area contributed by atoms with Crippen molar-refractivity contribution in [1.29, 1.82) is 0 Å². The summed E-state index contributed by atoms with van der Waals surface area (Å²) in [5.74, 6) is 1.70. The lowest BCUT2D eigenvalue weighted by molar-refractivity contribution is 0.292. The van der Waals surface area contributed by atoms with Gasteiger partial charge in [-0.15, -0.1) is 0 Å². The Balaban J connectivity index is 2.07. The van der Waals surface area contributed by atoms with Gasteiger partial charge in [0.1, 0.15) is 0 Å². The van der Waals surface area contributed by atoms with E-state index >= 15 is 0 Å². The monoisotopic (exact) mass is 277 g/mol. The zero-order chi connectivity index (χ0) is 14.5. The van der Waals surface area contributed by atoms with E-state index in [1.165, 1.54) is 37.1 Å². The minimum Gasteiger partial charge on any atom is -0.313 e. The predicted molar refractivity (Wildman–Crippen MR) is 84.9 cm³/mol. The number of nitrogens with one attached hydrogen (secondary N) is 1. The van der Waals surface area contributed by atoms with Gasteiger partial charge in [0.15, 0.2) is 0 Å². The molecule has 2 rings (SSSR count). The summed E-state index contributed by atoms with van der Waals surface area (Å²) in [4.78, 5) is 0. The fourth-order valence-corrected chi connectivity index (χ4v) is 3.64. The SMILES string of the molecule is CCCNC(Cc1cc(CC)nn1C)C1CCCC1C. The van der Waals surface area contributed by atoms with E-state index in [0.29, 0.717) is 6.04 Å². The number of aromatic nitrogens is 2. The molecule has 1 saturated carbocycles. The molecule has 0 spiro atoms. The number of nitrogens with zero attached hydrogens (tertiary/aromatic N) is 2. The van der Waals surface area contributed by atoms with E-state index in [0.717, 1.165) is 31.2 Å². The Morgan fingerprint density at radius 1 is 1.40 bits per heavy atom. The van der Waals surface area contributed by atoms with Crippen molar-refractivity contribution in [3.63, 3.8) is 0 Å². The van der Waals surface area contributed by atoms with E-state index in [-0.39, 0.29) is 0 Å². The van der Waals surface area contributed by atoms with Gasteiger partial charge in [0.25, 0.3) is 0 Å². The zero-order valence-corrected chi connectivity index (χ0v) is 13.7. The molecule has 3 unspecified atom stereocenters. The van der Waals surface area contributed by atoms with Gasteiger partial charge in [-0.1, -0.05) is 33.6 Å². The molecule has 0 aliphatic heterocycles. The summed E-state index contributed by atoms with van der Waals surface area (Å²) in [7, 11) is 2.09. The average Bonchev–Trinajstić information content (AvgIpc) is 3.01. The van der Waals surface area contributed by atoms with Gasteiger partial charge in [0.2, 0.25) is 0 Å². The standard InChI is InChI=1S/C17H31N3/c1-5-10-18-17(16-9-7-8-13(16)3)12-15-11-14(6-2)19-20(15)4/h11,13,16-18H,5-10,12H2,1-4H3. The lowest BCUT2D eigenvalue weighted by Crippen LogP contribution is -2.40. The first-order chi connectivity index (χ1) is 9.65. The van der Waals surface area contributed by atoms with Gasteiger partial charge in [-0.25, -0.2) is 0 Å². The first-order valence-corrected chi connectivity index (χ1v) is 8.40. The van der Waals surface area contributed by atoms with Gasteiger partial charge in [-0.3, -0.25) is 4.68 Å². The van der Waals surface area contributed by atoms with Crippen LogP contribution in [0.5, 0.6) is 0 Å². The molecule has 1 aromatic heterocycles. The summed E-state index contributed by atoms with van der Waals surface area (Å²) in [5.41, 5.74) is 2.60. The minimum atomic E-state index is 0.618. The highest BCUT2D eigenvalue weighted by molar-refractivity contribution is 5.12. The van der Waals surface area contributed by atoms with Gasteiger partial charge in [0, 0.05) is 25.2 Å². The van der Waals surface area contributed by atoms with Gasteiger partial charge in [0.05, 0.1) is 5.69 Å². The van der Waals surface area contributed by atoms with Crippen molar-refractivity contribution >= 4 is 0 Å². The Morgan fingerprint density at radius 3 is 2.75 bits per heavy atom. The van der Waals surface area contributed by atoms with Crippen LogP contribution in [0.4, 0.5) is 0 Å². The molecule has 0 amide bonds. The highest BCUT2D eigenvalue weighted by atomic mass is 15.3. The number of rotatable bonds is 7. The third kappa shape index (κ3) is 3.63. The molecule has 3 nitrogen and oxygen atoms in total. The lowest BCUT2D eigenvalue weighted by Gasteiger charge is -2.28. The van der Waals surface area contributed by atoms with E-state index in [9.17, 15) is 0 Å². The molecule has 1 aliphatic carbocycles. The molecular weight excluding hydrogens is 246 g/mol. The molecule has 1 fully saturated rings. The second-order valence-corrected chi connectivity index (χ2v) is 6.44. The average molecular weight is 277 g/mol. The minimum absolute atomic E-state index is 0.618. The van der Waals surface area contributed by atoms with Crippen molar-refractivity contribution in [2.24, 2.45) is 18.9 Å². The fourth-order valence-electron chi connectivity index (χ4n) is 3.64. The maximum Gasteiger partial charge on any atom is 0.0624 e. The molecule has 114 valence electrons. The van der Waals surface area contributed by atoms with Crippen molar-refractivity contribution in [1.82, 2.24) is 15.1 Å². The lowest BCUT2D eigenvalue weighted by atomic mass is 9.87. The van der Waals surface area contributed by atoms with E-state index in [1.54, 1.807) is 0 Å². The van der Waals surface area contributed by atoms with E-state index in [2.05, 4.69) is 49.0 Å². The molecular formula is C17H31N3. The van der Waals surface area contributed by atoms with Crippen LogP contribution < -0.4 is 5.32 Å². The zero-order valence-electron chi connectivity index (χ0n) is 13.7. The summed E-state index contributed by atoms with van der Waals surface area (Å²) in [6.07, 6.45) is 7.56. The summed E-state index contributed by atoms with van der Waals surface area (Å²) in [6.45, 7) is 7.99. The fraction of sp³-hybridized carbons (Fsp3) is 0.824. The van der Waals surface area contributed by atoms with Crippen LogP contribution in [-0.2, 0) is 19.9 Å². The first-order valence-electron chi connectivity index (χ1n) is 8.40. The van der Waals surface area contributed by atoms with Crippen LogP contribution in [0.2, 0.25) is 0 Å². The smallest absolute Gasteiger partial charge is 0.0624 e. The summed E-state index contributed by atoms with van der Waals surface area (Å²) in [5, 5.41) is 8.40. The molecule has 1 heterocycles. The highest BCUT2D eigenvalue weighted by Gasteiger charge is 2.31. The molecule has 3 atom stereocenters. The van der Waals surface area contributed by atoms with Crippen molar-refractivity contribution in [2.75, 3.05) is 6.54 Å². The second kappa shape index (κ2) is 7.26. The molecule has 1 aromatic rings. The third-order valence-electron chi connectivity index (χ3n) is 4.92. The van der Waals surface area contributed by atoms with Gasteiger partial charge >= 0.3 is 0 Å². The summed E-state index contributed by atoms with van der Waals surface area (Å²) >= 11 is 0. The first kappa shape index (κ1) is 15.6. The maximum atomic E-state index is 4.60. The topological polar surface area (TPSA) is 29.9 Å². The van der Waals surface area contributed by atoms with Crippen LogP contribution in [0.15, 0.2) is 6.07 Å². The maximum absolute atomic E-state index is 4.60. The number of hydrogen-bond acceptors (Lipinski definition) is 2. The largest absolute Gasteiger partial charge is 0.313 e. The molecule has 3 heteroatoms. The van der Waals surface area contributed by atoms with Crippen LogP contribution in [0.1, 0.15) is 57.8 Å². The molecule has 1 aliphatic rings. The van der Waals surface area contributed by atoms with E-state index < -0.39 is 0 Å². The van der Waals surface area contributed by atoms with Crippen molar-refractivity contribution in [3.8, 4) is 0 Å². The second-order valence-electron chi connectivity index (χ2n) is 6.44. The predicted octanol–water partition coefficient (Wildman–Crippen LogP) is 3.33. The third-order valence-corrected chi connectivity index (χ3v) is 4.92. The molecule has 20 heavy (non-hydrogen) atoms. The highest BCUT2D eigenvalue weighted by Crippen LogP contribution is 2.34. The molecule has 0 bridgehead atoms. The van der Waals surface area contributed by atoms with Crippen LogP contribution in [0.25, 0.3) is 0 Å². The molecule has 0 aromatic carbocycles. The Morgan fingerprint density at radius 2 is 2.20 bits per heavy atom.